The number of hydrogen-bond donors (Lipinski definition) is 1. The van der Waals surface area contributed by atoms with Crippen LogP contribution < -0.4 is 5.73 Å². The molecule has 2 N–H and O–H groups in total. The van der Waals surface area contributed by atoms with Gasteiger partial charge >= 0.3 is 0 Å². The number of primary amides is 1. The first kappa shape index (κ1) is 15.3. The molecule has 6 heteroatoms. The molecule has 0 radical (unpaired) electrons. The predicted octanol–water partition coefficient (Wildman–Crippen LogP) is 2.35. The van der Waals surface area contributed by atoms with Crippen LogP contribution in [0.15, 0.2) is 34.9 Å². The van der Waals surface area contributed by atoms with E-state index in [1.165, 1.54) is 0 Å². The number of amides is 1. The van der Waals surface area contributed by atoms with Gasteiger partial charge in [-0.15, -0.1) is 0 Å². The zero-order valence-electron chi connectivity index (χ0n) is 13.6. The highest BCUT2D eigenvalue weighted by Gasteiger charge is 2.34. The van der Waals surface area contributed by atoms with E-state index in [0.29, 0.717) is 5.92 Å². The second-order valence-electron chi connectivity index (χ2n) is 6.81. The summed E-state index contributed by atoms with van der Waals surface area (Å²) in [4.78, 5) is 18.8. The van der Waals surface area contributed by atoms with Gasteiger partial charge in [-0.1, -0.05) is 35.5 Å². The van der Waals surface area contributed by atoms with Gasteiger partial charge in [0.25, 0.3) is 0 Å². The number of hydrogen-bond acceptors (Lipinski definition) is 5. The first-order valence-electron chi connectivity index (χ1n) is 8.64. The minimum atomic E-state index is -0.399. The molecule has 2 aliphatic rings. The molecule has 4 rings (SSSR count). The van der Waals surface area contributed by atoms with Gasteiger partial charge in [-0.2, -0.15) is 4.98 Å². The van der Waals surface area contributed by atoms with Crippen LogP contribution in [0.5, 0.6) is 0 Å². The topological polar surface area (TPSA) is 85.3 Å². The van der Waals surface area contributed by atoms with Crippen molar-refractivity contribution >= 4 is 5.91 Å². The normalized spacial score (nSPS) is 23.1. The molecule has 2 atom stereocenters. The number of nitrogens with two attached hydrogens (primary N) is 1. The van der Waals surface area contributed by atoms with Crippen molar-refractivity contribution in [2.75, 3.05) is 13.1 Å². The first-order valence-corrected chi connectivity index (χ1v) is 8.64. The Morgan fingerprint density at radius 1 is 1.21 bits per heavy atom. The number of likely N-dealkylation sites (tertiary alicyclic amines) is 1. The van der Waals surface area contributed by atoms with E-state index in [1.54, 1.807) is 0 Å². The Morgan fingerprint density at radius 2 is 2.00 bits per heavy atom. The van der Waals surface area contributed by atoms with Crippen molar-refractivity contribution in [2.24, 2.45) is 5.73 Å². The standard InChI is InChI=1S/C18H22N4O2/c19-16(23)15(12-5-2-1-3-6-12)22-10-4-7-14(11-22)17-20-18(24-21-17)13-8-9-13/h1-3,5-6,13-15H,4,7-11H2,(H2,19,23). The Balaban J connectivity index is 1.53. The van der Waals surface area contributed by atoms with Crippen molar-refractivity contribution in [1.82, 2.24) is 15.0 Å². The quantitative estimate of drug-likeness (QED) is 0.911. The third kappa shape index (κ3) is 3.06. The van der Waals surface area contributed by atoms with Gasteiger partial charge in [-0.05, 0) is 37.8 Å². The van der Waals surface area contributed by atoms with Gasteiger partial charge in [0.1, 0.15) is 6.04 Å². The van der Waals surface area contributed by atoms with Crippen LogP contribution >= 0.6 is 0 Å². The molecule has 1 aromatic heterocycles. The number of carbonyl (C=O) groups excluding carboxylic acids is 1. The minimum absolute atomic E-state index is 0.195. The first-order chi connectivity index (χ1) is 11.7. The van der Waals surface area contributed by atoms with Gasteiger partial charge in [0.2, 0.25) is 11.8 Å². The van der Waals surface area contributed by atoms with Gasteiger partial charge in [0.15, 0.2) is 5.82 Å². The number of aromatic nitrogens is 2. The molecular weight excluding hydrogens is 304 g/mol. The molecule has 1 saturated heterocycles. The maximum atomic E-state index is 12.1. The number of benzene rings is 1. The Hall–Kier alpha value is -2.21. The lowest BCUT2D eigenvalue weighted by Crippen LogP contribution is -2.43. The lowest BCUT2D eigenvalue weighted by atomic mass is 9.94. The van der Waals surface area contributed by atoms with Gasteiger partial charge in [0.05, 0.1) is 0 Å². The van der Waals surface area contributed by atoms with E-state index < -0.39 is 6.04 Å². The molecule has 1 aliphatic heterocycles. The van der Waals surface area contributed by atoms with Gasteiger partial charge < -0.3 is 10.3 Å². The number of piperidine rings is 1. The van der Waals surface area contributed by atoms with E-state index >= 15 is 0 Å². The smallest absolute Gasteiger partial charge is 0.239 e. The highest BCUT2D eigenvalue weighted by molar-refractivity contribution is 5.81. The highest BCUT2D eigenvalue weighted by atomic mass is 16.5. The van der Waals surface area contributed by atoms with Crippen molar-refractivity contribution in [3.05, 3.63) is 47.6 Å². The van der Waals surface area contributed by atoms with Crippen molar-refractivity contribution in [3.63, 3.8) is 0 Å². The Kier molecular flexibility index (Phi) is 4.06. The second kappa shape index (κ2) is 6.36. The average molecular weight is 326 g/mol. The molecule has 24 heavy (non-hydrogen) atoms. The Labute approximate surface area is 141 Å². The number of carbonyl (C=O) groups is 1. The van der Waals surface area contributed by atoms with Crippen LogP contribution in [0.2, 0.25) is 0 Å². The lowest BCUT2D eigenvalue weighted by Gasteiger charge is -2.36. The maximum Gasteiger partial charge on any atom is 0.239 e. The fraction of sp³-hybridized carbons (Fsp3) is 0.500. The van der Waals surface area contributed by atoms with Gasteiger partial charge in [-0.25, -0.2) is 0 Å². The molecule has 1 amide bonds. The maximum absolute atomic E-state index is 12.1. The van der Waals surface area contributed by atoms with Crippen LogP contribution in [0.25, 0.3) is 0 Å². The summed E-state index contributed by atoms with van der Waals surface area (Å²) in [5, 5.41) is 4.18. The minimum Gasteiger partial charge on any atom is -0.368 e. The summed E-state index contributed by atoms with van der Waals surface area (Å²) in [6.45, 7) is 1.58. The third-order valence-electron chi connectivity index (χ3n) is 4.95. The summed E-state index contributed by atoms with van der Waals surface area (Å²) in [7, 11) is 0. The Morgan fingerprint density at radius 3 is 2.71 bits per heavy atom. The molecule has 126 valence electrons. The zero-order valence-corrected chi connectivity index (χ0v) is 13.6. The van der Waals surface area contributed by atoms with Crippen molar-refractivity contribution in [3.8, 4) is 0 Å². The molecule has 2 unspecified atom stereocenters. The molecule has 2 heterocycles. The van der Waals surface area contributed by atoms with E-state index in [-0.39, 0.29) is 11.8 Å². The van der Waals surface area contributed by atoms with Crippen molar-refractivity contribution in [1.29, 1.82) is 0 Å². The lowest BCUT2D eigenvalue weighted by molar-refractivity contribution is -0.124. The summed E-state index contributed by atoms with van der Waals surface area (Å²) in [6, 6.07) is 9.33. The fourth-order valence-electron chi connectivity index (χ4n) is 3.55. The van der Waals surface area contributed by atoms with Crippen molar-refractivity contribution in [2.45, 2.75) is 43.6 Å². The summed E-state index contributed by atoms with van der Waals surface area (Å²) < 4.78 is 5.40. The van der Waals surface area contributed by atoms with Crippen LogP contribution in [0.1, 0.15) is 60.8 Å². The van der Waals surface area contributed by atoms with Crippen LogP contribution in [-0.4, -0.2) is 34.0 Å². The molecule has 6 nitrogen and oxygen atoms in total. The molecule has 1 aliphatic carbocycles. The zero-order chi connectivity index (χ0) is 16.5. The largest absolute Gasteiger partial charge is 0.368 e. The van der Waals surface area contributed by atoms with Crippen LogP contribution in [0.4, 0.5) is 0 Å². The second-order valence-corrected chi connectivity index (χ2v) is 6.81. The highest BCUT2D eigenvalue weighted by Crippen LogP contribution is 2.40. The predicted molar refractivity (Wildman–Crippen MR) is 88.2 cm³/mol. The van der Waals surface area contributed by atoms with Crippen LogP contribution in [0, 0.1) is 0 Å². The van der Waals surface area contributed by atoms with E-state index in [4.69, 9.17) is 10.3 Å². The van der Waals surface area contributed by atoms with E-state index in [0.717, 1.165) is 56.1 Å². The van der Waals surface area contributed by atoms with E-state index in [9.17, 15) is 4.79 Å². The average Bonchev–Trinajstić information content (AvgIpc) is 3.33. The molecule has 0 spiro atoms. The molecule has 2 fully saturated rings. The summed E-state index contributed by atoms with van der Waals surface area (Å²) >= 11 is 0. The van der Waals surface area contributed by atoms with Gasteiger partial charge in [0, 0.05) is 18.4 Å². The summed E-state index contributed by atoms with van der Waals surface area (Å²) in [5.41, 5.74) is 6.65. The monoisotopic (exact) mass is 326 g/mol. The summed E-state index contributed by atoms with van der Waals surface area (Å²) in [6.07, 6.45) is 4.31. The molecule has 1 saturated carbocycles. The number of nitrogens with zero attached hydrogens (tertiary/aromatic N) is 3. The Bertz CT molecular complexity index is 711. The third-order valence-corrected chi connectivity index (χ3v) is 4.95. The van der Waals surface area contributed by atoms with Crippen LogP contribution in [-0.2, 0) is 4.79 Å². The van der Waals surface area contributed by atoms with E-state index in [2.05, 4.69) is 15.0 Å². The molecule has 0 bridgehead atoms. The number of rotatable bonds is 5. The van der Waals surface area contributed by atoms with Gasteiger partial charge in [-0.3, -0.25) is 9.69 Å². The van der Waals surface area contributed by atoms with E-state index in [1.807, 2.05) is 30.3 Å². The molecule has 1 aromatic carbocycles. The summed E-state index contributed by atoms with van der Waals surface area (Å²) in [5.74, 6) is 1.90. The molecule has 2 aromatic rings. The SMILES string of the molecule is NC(=O)C(c1ccccc1)N1CCCC(c2noc(C3CC3)n2)C1. The van der Waals surface area contributed by atoms with Crippen LogP contribution in [0.3, 0.4) is 0 Å². The van der Waals surface area contributed by atoms with Crippen molar-refractivity contribution < 1.29 is 9.32 Å². The fourth-order valence-corrected chi connectivity index (χ4v) is 3.55. The molecular formula is C18H22N4O2.